The van der Waals surface area contributed by atoms with Crippen molar-refractivity contribution >= 4 is 0 Å². The molecule has 0 aromatic carbocycles. The summed E-state index contributed by atoms with van der Waals surface area (Å²) in [5.41, 5.74) is 0.584. The lowest BCUT2D eigenvalue weighted by Crippen LogP contribution is -2.34. The maximum Gasteiger partial charge on any atom is 0.0612 e. The smallest absolute Gasteiger partial charge is 0.0612 e. The molecule has 16 heavy (non-hydrogen) atoms. The van der Waals surface area contributed by atoms with Gasteiger partial charge in [-0.1, -0.05) is 40.0 Å². The first-order valence-electron chi connectivity index (χ1n) is 7.26. The summed E-state index contributed by atoms with van der Waals surface area (Å²) in [4.78, 5) is 0. The van der Waals surface area contributed by atoms with Gasteiger partial charge in [0, 0.05) is 6.61 Å². The average Bonchev–Trinajstić information content (AvgIpc) is 2.60. The molecule has 0 aromatic rings. The van der Waals surface area contributed by atoms with Crippen molar-refractivity contribution in [2.24, 2.45) is 17.3 Å². The Kier molecular flexibility index (Phi) is 3.94. The van der Waals surface area contributed by atoms with Gasteiger partial charge in [0.1, 0.15) is 0 Å². The van der Waals surface area contributed by atoms with Crippen molar-refractivity contribution in [3.8, 4) is 0 Å². The second-order valence-electron chi connectivity index (χ2n) is 6.52. The SMILES string of the molecule is CCCCCC1(C)CC[C@H]2C(C)CO[C@@H]2C1. The summed E-state index contributed by atoms with van der Waals surface area (Å²) in [6.07, 6.45) is 10.3. The zero-order valence-electron chi connectivity index (χ0n) is 11.3. The van der Waals surface area contributed by atoms with Gasteiger partial charge in [-0.05, 0) is 42.9 Å². The highest BCUT2D eigenvalue weighted by atomic mass is 16.5. The molecule has 4 atom stereocenters. The summed E-state index contributed by atoms with van der Waals surface area (Å²) in [6.45, 7) is 8.16. The Morgan fingerprint density at radius 3 is 2.88 bits per heavy atom. The summed E-state index contributed by atoms with van der Waals surface area (Å²) in [5.74, 6) is 1.68. The van der Waals surface area contributed by atoms with Crippen LogP contribution in [0.15, 0.2) is 0 Å². The van der Waals surface area contributed by atoms with Gasteiger partial charge in [0.25, 0.3) is 0 Å². The van der Waals surface area contributed by atoms with Gasteiger partial charge >= 0.3 is 0 Å². The van der Waals surface area contributed by atoms with Gasteiger partial charge in [0.2, 0.25) is 0 Å². The van der Waals surface area contributed by atoms with Crippen molar-refractivity contribution in [3.05, 3.63) is 0 Å². The maximum atomic E-state index is 5.97. The predicted octanol–water partition coefficient (Wildman–Crippen LogP) is 4.41. The average molecular weight is 224 g/mol. The molecule has 0 bridgehead atoms. The van der Waals surface area contributed by atoms with Gasteiger partial charge in [0.15, 0.2) is 0 Å². The second kappa shape index (κ2) is 5.08. The molecule has 1 heterocycles. The molecule has 0 amide bonds. The fourth-order valence-electron chi connectivity index (χ4n) is 3.70. The van der Waals surface area contributed by atoms with Crippen LogP contribution in [-0.2, 0) is 4.74 Å². The molecule has 1 saturated carbocycles. The number of unbranched alkanes of at least 4 members (excludes halogenated alkanes) is 2. The first-order valence-corrected chi connectivity index (χ1v) is 7.26. The van der Waals surface area contributed by atoms with Crippen LogP contribution in [-0.4, -0.2) is 12.7 Å². The van der Waals surface area contributed by atoms with Crippen LogP contribution < -0.4 is 0 Å². The topological polar surface area (TPSA) is 9.23 Å². The lowest BCUT2D eigenvalue weighted by molar-refractivity contribution is 0.00938. The molecule has 2 rings (SSSR count). The molecule has 1 aliphatic carbocycles. The number of rotatable bonds is 4. The van der Waals surface area contributed by atoms with E-state index in [2.05, 4.69) is 20.8 Å². The quantitative estimate of drug-likeness (QED) is 0.643. The molecular formula is C15H28O. The molecule has 1 aliphatic heterocycles. The van der Waals surface area contributed by atoms with Crippen molar-refractivity contribution < 1.29 is 4.74 Å². The summed E-state index contributed by atoms with van der Waals surface area (Å²) in [7, 11) is 0. The maximum absolute atomic E-state index is 5.97. The minimum Gasteiger partial charge on any atom is -0.378 e. The predicted molar refractivity (Wildman–Crippen MR) is 68.5 cm³/mol. The summed E-state index contributed by atoms with van der Waals surface area (Å²) in [6, 6.07) is 0. The first-order chi connectivity index (χ1) is 7.64. The monoisotopic (exact) mass is 224 g/mol. The van der Waals surface area contributed by atoms with Crippen LogP contribution in [0.4, 0.5) is 0 Å². The van der Waals surface area contributed by atoms with Gasteiger partial charge in [-0.25, -0.2) is 0 Å². The van der Waals surface area contributed by atoms with E-state index in [-0.39, 0.29) is 0 Å². The number of fused-ring (bicyclic) bond motifs is 1. The van der Waals surface area contributed by atoms with Crippen LogP contribution in [0.5, 0.6) is 0 Å². The number of hydrogen-bond donors (Lipinski definition) is 0. The highest BCUT2D eigenvalue weighted by molar-refractivity contribution is 4.93. The lowest BCUT2D eigenvalue weighted by Gasteiger charge is -2.40. The third-order valence-corrected chi connectivity index (χ3v) is 4.94. The van der Waals surface area contributed by atoms with E-state index < -0.39 is 0 Å². The van der Waals surface area contributed by atoms with E-state index in [0.717, 1.165) is 18.4 Å². The molecular weight excluding hydrogens is 196 g/mol. The normalized spacial score (nSPS) is 43.3. The summed E-state index contributed by atoms with van der Waals surface area (Å²) < 4.78 is 5.97. The Hall–Kier alpha value is -0.0400. The number of ether oxygens (including phenoxy) is 1. The Balaban J connectivity index is 1.85. The van der Waals surface area contributed by atoms with Crippen LogP contribution in [0.3, 0.4) is 0 Å². The molecule has 1 nitrogen and oxygen atoms in total. The molecule has 0 spiro atoms. The fraction of sp³-hybridized carbons (Fsp3) is 1.00. The zero-order chi connectivity index (χ0) is 11.6. The van der Waals surface area contributed by atoms with Crippen molar-refractivity contribution in [1.29, 1.82) is 0 Å². The van der Waals surface area contributed by atoms with E-state index in [1.807, 2.05) is 0 Å². The molecule has 1 saturated heterocycles. The summed E-state index contributed by atoms with van der Waals surface area (Å²) in [5, 5.41) is 0. The van der Waals surface area contributed by atoms with E-state index in [4.69, 9.17) is 4.74 Å². The van der Waals surface area contributed by atoms with Crippen LogP contribution in [0.25, 0.3) is 0 Å². The fourth-order valence-corrected chi connectivity index (χ4v) is 3.70. The van der Waals surface area contributed by atoms with Crippen LogP contribution >= 0.6 is 0 Å². The van der Waals surface area contributed by atoms with E-state index in [1.54, 1.807) is 0 Å². The minimum atomic E-state index is 0.584. The molecule has 2 aliphatic rings. The van der Waals surface area contributed by atoms with Crippen molar-refractivity contribution in [2.45, 2.75) is 71.8 Å². The molecule has 94 valence electrons. The van der Waals surface area contributed by atoms with Crippen molar-refractivity contribution in [2.75, 3.05) is 6.61 Å². The lowest BCUT2D eigenvalue weighted by atomic mass is 9.66. The molecule has 0 N–H and O–H groups in total. The highest BCUT2D eigenvalue weighted by Crippen LogP contribution is 2.48. The number of hydrogen-bond acceptors (Lipinski definition) is 1. The van der Waals surface area contributed by atoms with Crippen molar-refractivity contribution in [3.63, 3.8) is 0 Å². The van der Waals surface area contributed by atoms with E-state index >= 15 is 0 Å². The Labute approximate surface area is 101 Å². The van der Waals surface area contributed by atoms with Gasteiger partial charge in [-0.2, -0.15) is 0 Å². The van der Waals surface area contributed by atoms with Gasteiger partial charge in [0.05, 0.1) is 6.10 Å². The molecule has 2 unspecified atom stereocenters. The third kappa shape index (κ3) is 2.61. The minimum absolute atomic E-state index is 0.584. The van der Waals surface area contributed by atoms with Crippen LogP contribution in [0, 0.1) is 17.3 Å². The third-order valence-electron chi connectivity index (χ3n) is 4.94. The van der Waals surface area contributed by atoms with E-state index in [1.165, 1.54) is 44.9 Å². The Morgan fingerprint density at radius 1 is 1.31 bits per heavy atom. The van der Waals surface area contributed by atoms with Crippen LogP contribution in [0.1, 0.15) is 65.7 Å². The van der Waals surface area contributed by atoms with Crippen molar-refractivity contribution in [1.82, 2.24) is 0 Å². The molecule has 0 radical (unpaired) electrons. The molecule has 2 fully saturated rings. The second-order valence-corrected chi connectivity index (χ2v) is 6.52. The Morgan fingerprint density at radius 2 is 2.12 bits per heavy atom. The zero-order valence-corrected chi connectivity index (χ0v) is 11.3. The first kappa shape index (κ1) is 12.4. The van der Waals surface area contributed by atoms with Gasteiger partial charge < -0.3 is 4.74 Å². The van der Waals surface area contributed by atoms with Crippen LogP contribution in [0.2, 0.25) is 0 Å². The largest absolute Gasteiger partial charge is 0.378 e. The highest BCUT2D eigenvalue weighted by Gasteiger charge is 2.43. The van der Waals surface area contributed by atoms with Gasteiger partial charge in [-0.3, -0.25) is 0 Å². The van der Waals surface area contributed by atoms with E-state index in [9.17, 15) is 0 Å². The standard InChI is InChI=1S/C15H28O/c1-4-5-6-8-15(3)9-7-13-12(2)11-16-14(13)10-15/h12-14H,4-11H2,1-3H3/t12?,13-,14+,15?/m0/s1. The van der Waals surface area contributed by atoms with Gasteiger partial charge in [-0.15, -0.1) is 0 Å². The summed E-state index contributed by atoms with van der Waals surface area (Å²) >= 11 is 0. The Bertz CT molecular complexity index is 225. The van der Waals surface area contributed by atoms with E-state index in [0.29, 0.717) is 11.5 Å². The molecule has 1 heteroatoms. The molecule has 0 aromatic heterocycles.